The van der Waals surface area contributed by atoms with E-state index in [4.69, 9.17) is 4.74 Å². The van der Waals surface area contributed by atoms with Crippen molar-refractivity contribution in [1.29, 1.82) is 0 Å². The minimum atomic E-state index is -0.605. The van der Waals surface area contributed by atoms with Crippen molar-refractivity contribution >= 4 is 11.9 Å². The van der Waals surface area contributed by atoms with E-state index >= 15 is 0 Å². The lowest BCUT2D eigenvalue weighted by Crippen LogP contribution is -2.44. The quantitative estimate of drug-likeness (QED) is 0.402. The third-order valence-electron chi connectivity index (χ3n) is 3.89. The Morgan fingerprint density at radius 1 is 1.20 bits per heavy atom. The van der Waals surface area contributed by atoms with Gasteiger partial charge in [-0.1, -0.05) is 6.07 Å². The van der Waals surface area contributed by atoms with Crippen LogP contribution in [0.4, 0.5) is 0 Å². The van der Waals surface area contributed by atoms with E-state index in [2.05, 4.69) is 11.8 Å². The average Bonchev–Trinajstić information content (AvgIpc) is 3.17. The number of cyclic esters (lactones) is 1. The molecule has 4 heteroatoms. The van der Waals surface area contributed by atoms with Crippen molar-refractivity contribution < 1.29 is 19.2 Å². The number of aliphatic hydroxyl groups excluding tert-OH is 1. The zero-order valence-electron chi connectivity index (χ0n) is 13.1. The number of carbonyl (C=O) groups excluding carboxylic acids is 1. The Bertz CT molecular complexity index is 871. The van der Waals surface area contributed by atoms with Gasteiger partial charge in [-0.3, -0.25) is 16.6 Å². The number of hydrogen-bond donors (Lipinski definition) is 1. The van der Waals surface area contributed by atoms with Gasteiger partial charge < -0.3 is 14.4 Å². The summed E-state index contributed by atoms with van der Waals surface area (Å²) in [5.41, 5.74) is 4.01. The molecule has 0 radical (unpaired) electrons. The molecule has 3 aliphatic rings. The van der Waals surface area contributed by atoms with E-state index in [1.165, 1.54) is 4.58 Å². The molecular formula is C21H13NO3-4. The largest absolute Gasteiger partial charge is 0.537 e. The minimum Gasteiger partial charge on any atom is -0.537 e. The molecule has 1 aromatic rings. The predicted molar refractivity (Wildman–Crippen MR) is 91.3 cm³/mol. The lowest BCUT2D eigenvalue weighted by Gasteiger charge is -2.44. The maximum Gasteiger partial charge on any atom is 0.271 e. The molecule has 0 fully saturated rings. The third-order valence-corrected chi connectivity index (χ3v) is 3.89. The second-order valence-corrected chi connectivity index (χ2v) is 5.46. The molecule has 0 saturated heterocycles. The molecule has 1 heterocycles. The van der Waals surface area contributed by atoms with Crippen molar-refractivity contribution in [2.24, 2.45) is 0 Å². The number of aliphatic hydroxyl groups is 1. The standard InChI is InChI=1S/C21H13NO3/c23-19-18(15-9-3-1-4-10-15)21(24)25-20(16-11-7-8-12-16)22(19)17-13-5-2-6-14-17/h1-6,9-14,23H/q-4. The molecule has 1 aromatic carbocycles. The summed E-state index contributed by atoms with van der Waals surface area (Å²) in [5, 5.41) is 10.9. The summed E-state index contributed by atoms with van der Waals surface area (Å²) in [5.74, 6) is -0.662. The molecule has 1 aliphatic heterocycles. The van der Waals surface area contributed by atoms with Crippen LogP contribution in [0.3, 0.4) is 0 Å². The Hall–Kier alpha value is -3.62. The van der Waals surface area contributed by atoms with Crippen molar-refractivity contribution in [1.82, 2.24) is 0 Å². The molecule has 0 atom stereocenters. The van der Waals surface area contributed by atoms with Gasteiger partial charge in [-0.15, -0.1) is 12.1 Å². The van der Waals surface area contributed by atoms with Crippen LogP contribution < -0.4 is 0 Å². The molecule has 4 rings (SSSR count). The van der Waals surface area contributed by atoms with Gasteiger partial charge in [0.15, 0.2) is 12.1 Å². The Balaban J connectivity index is 1.83. The molecule has 124 valence electrons. The normalized spacial score (nSPS) is 18.6. The number of nitrogens with zero attached hydrogens (tertiary/aromatic N) is 1. The zero-order chi connectivity index (χ0) is 17.2. The molecule has 0 saturated carbocycles. The molecule has 2 aliphatic carbocycles. The van der Waals surface area contributed by atoms with Gasteiger partial charge in [-0.2, -0.15) is 60.1 Å². The smallest absolute Gasteiger partial charge is 0.271 e. The molecule has 1 N–H and O–H groups in total. The second kappa shape index (κ2) is 6.11. The highest BCUT2D eigenvalue weighted by Crippen LogP contribution is 2.34. The van der Waals surface area contributed by atoms with E-state index in [0.29, 0.717) is 17.2 Å². The van der Waals surface area contributed by atoms with Crippen LogP contribution in [0.1, 0.15) is 5.56 Å². The predicted octanol–water partition coefficient (Wildman–Crippen LogP) is 2.94. The van der Waals surface area contributed by atoms with Crippen molar-refractivity contribution in [3.8, 4) is 0 Å². The fraction of sp³-hybridized carbons (Fsp3) is 0. The number of allylic oxidation sites excluding steroid dienone is 3. The van der Waals surface area contributed by atoms with Gasteiger partial charge in [0.05, 0.1) is 0 Å². The maximum absolute atomic E-state index is 12.6. The lowest BCUT2D eigenvalue weighted by atomic mass is 9.96. The van der Waals surface area contributed by atoms with Gasteiger partial charge in [0.2, 0.25) is 0 Å². The average molecular weight is 327 g/mol. The van der Waals surface area contributed by atoms with Gasteiger partial charge in [0, 0.05) is 0 Å². The van der Waals surface area contributed by atoms with Crippen molar-refractivity contribution in [2.75, 3.05) is 0 Å². The highest BCUT2D eigenvalue weighted by Gasteiger charge is 2.32. The van der Waals surface area contributed by atoms with Crippen LogP contribution in [0.15, 0.2) is 78.1 Å². The number of ether oxygens (including phenoxy) is 1. The summed E-state index contributed by atoms with van der Waals surface area (Å²) in [6.07, 6.45) is 15.6. The lowest BCUT2D eigenvalue weighted by molar-refractivity contribution is -0.524. The first-order valence-electron chi connectivity index (χ1n) is 7.73. The van der Waals surface area contributed by atoms with E-state index in [1.54, 1.807) is 36.4 Å². The molecule has 0 amide bonds. The van der Waals surface area contributed by atoms with Crippen LogP contribution in [0.25, 0.3) is 0 Å². The molecule has 25 heavy (non-hydrogen) atoms. The van der Waals surface area contributed by atoms with Crippen LogP contribution in [-0.2, 0) is 9.53 Å². The first kappa shape index (κ1) is 14.9. The Labute approximate surface area is 146 Å². The summed E-state index contributed by atoms with van der Waals surface area (Å²) < 4.78 is 7.10. The highest BCUT2D eigenvalue weighted by molar-refractivity contribution is 6.15. The summed E-state index contributed by atoms with van der Waals surface area (Å²) in [6.45, 7) is 0. The fourth-order valence-electron chi connectivity index (χ4n) is 2.74. The Morgan fingerprint density at radius 2 is 1.96 bits per heavy atom. The van der Waals surface area contributed by atoms with Gasteiger partial charge in [0.25, 0.3) is 5.97 Å². The molecule has 0 aromatic heterocycles. The van der Waals surface area contributed by atoms with E-state index < -0.39 is 5.97 Å². The first-order chi connectivity index (χ1) is 12.3. The summed E-state index contributed by atoms with van der Waals surface area (Å²) in [4.78, 5) is 12.6. The number of esters is 1. The van der Waals surface area contributed by atoms with Crippen LogP contribution in [-0.4, -0.2) is 21.5 Å². The zero-order valence-corrected chi connectivity index (χ0v) is 13.1. The minimum absolute atomic E-state index is 0.118. The van der Waals surface area contributed by atoms with E-state index in [-0.39, 0.29) is 18.0 Å². The van der Waals surface area contributed by atoms with Crippen LogP contribution >= 0.6 is 0 Å². The van der Waals surface area contributed by atoms with Crippen molar-refractivity contribution in [3.63, 3.8) is 0 Å². The molecule has 0 bridgehead atoms. The highest BCUT2D eigenvalue weighted by atomic mass is 16.6. The molecule has 0 unspecified atom stereocenters. The summed E-state index contributed by atoms with van der Waals surface area (Å²) in [6, 6.07) is 9.64. The van der Waals surface area contributed by atoms with Crippen molar-refractivity contribution in [3.05, 3.63) is 114 Å². The third kappa shape index (κ3) is 2.61. The Kier molecular flexibility index (Phi) is 3.65. The van der Waals surface area contributed by atoms with Crippen LogP contribution in [0.2, 0.25) is 0 Å². The number of rotatable bonds is 3. The molecular weight excluding hydrogens is 314 g/mol. The summed E-state index contributed by atoms with van der Waals surface area (Å²) in [7, 11) is 0. The topological polar surface area (TPSA) is 49.5 Å². The monoisotopic (exact) mass is 327 g/mol. The van der Waals surface area contributed by atoms with Crippen LogP contribution in [0, 0.1) is 30.7 Å². The van der Waals surface area contributed by atoms with E-state index in [0.717, 1.165) is 0 Å². The maximum atomic E-state index is 12.6. The number of carbonyl (C=O) groups is 1. The molecule has 0 spiro atoms. The van der Waals surface area contributed by atoms with E-state index in [9.17, 15) is 9.90 Å². The number of benzene rings is 1. The van der Waals surface area contributed by atoms with Gasteiger partial charge in [-0.05, 0) is 12.0 Å². The first-order valence-corrected chi connectivity index (χ1v) is 7.73. The van der Waals surface area contributed by atoms with Gasteiger partial charge in [0.1, 0.15) is 0 Å². The second-order valence-electron chi connectivity index (χ2n) is 5.46. The van der Waals surface area contributed by atoms with Gasteiger partial charge >= 0.3 is 0 Å². The van der Waals surface area contributed by atoms with E-state index in [1.807, 2.05) is 36.8 Å². The number of hydrogen-bond acceptors (Lipinski definition) is 2. The van der Waals surface area contributed by atoms with Crippen LogP contribution in [0.5, 0.6) is 0 Å². The SMILES string of the molecule is O=C1O[C-](C2=C[C-]=C=C2)[N+]([C-]2C=C[CH-]C=C2)=C(O)[C-]1c1ccccc1. The van der Waals surface area contributed by atoms with Crippen molar-refractivity contribution in [2.45, 2.75) is 0 Å². The fourth-order valence-corrected chi connectivity index (χ4v) is 2.74. The molecule has 4 nitrogen and oxygen atoms in total. The van der Waals surface area contributed by atoms with Gasteiger partial charge in [-0.25, -0.2) is 6.08 Å². The summed E-state index contributed by atoms with van der Waals surface area (Å²) >= 11 is 0. The Morgan fingerprint density at radius 3 is 2.64 bits per heavy atom.